The topological polar surface area (TPSA) is 63.7 Å². The Morgan fingerprint density at radius 3 is 2.75 bits per heavy atom. The number of ether oxygens (including phenoxy) is 1. The van der Waals surface area contributed by atoms with Crippen LogP contribution in [-0.4, -0.2) is 33.7 Å². The first-order valence-electron chi connectivity index (χ1n) is 5.86. The number of nitrogens with zero attached hydrogens (tertiary/aromatic N) is 1. The first-order valence-corrected chi connectivity index (χ1v) is 9.42. The van der Waals surface area contributed by atoms with E-state index in [1.54, 1.807) is 24.1 Å². The van der Waals surface area contributed by atoms with Crippen LogP contribution in [0.5, 0.6) is 5.75 Å². The maximum absolute atomic E-state index is 12.0. The molecule has 0 saturated carbocycles. The van der Waals surface area contributed by atoms with Gasteiger partial charge in [-0.25, -0.2) is 8.42 Å². The van der Waals surface area contributed by atoms with E-state index in [1.807, 2.05) is 6.07 Å². The molecular weight excluding hydrogens is 417 g/mol. The average molecular weight is 430 g/mol. The molecule has 0 N–H and O–H groups in total. The summed E-state index contributed by atoms with van der Waals surface area (Å²) in [4.78, 5) is 13.6. The predicted molar refractivity (Wildman–Crippen MR) is 85.8 cm³/mol. The van der Waals surface area contributed by atoms with Gasteiger partial charge in [-0.2, -0.15) is 0 Å². The molecule has 1 fully saturated rings. The van der Waals surface area contributed by atoms with Crippen molar-refractivity contribution in [2.45, 2.75) is 6.42 Å². The van der Waals surface area contributed by atoms with Crippen molar-refractivity contribution in [1.82, 2.24) is 0 Å². The van der Waals surface area contributed by atoms with E-state index in [-0.39, 0.29) is 24.0 Å². The first kappa shape index (κ1) is 15.8. The lowest BCUT2D eigenvalue weighted by Crippen LogP contribution is -2.25. The summed E-state index contributed by atoms with van der Waals surface area (Å²) >= 11 is 2.13. The first-order chi connectivity index (χ1) is 9.30. The van der Waals surface area contributed by atoms with Gasteiger partial charge in [0.25, 0.3) is 0 Å². The minimum absolute atomic E-state index is 0.0868. The number of amides is 1. The van der Waals surface area contributed by atoms with Gasteiger partial charge >= 0.3 is 0 Å². The molecule has 1 heterocycles. The Morgan fingerprint density at radius 2 is 2.20 bits per heavy atom. The van der Waals surface area contributed by atoms with Gasteiger partial charge in [-0.3, -0.25) is 4.79 Å². The number of hydrogen-bond acceptors (Lipinski definition) is 4. The van der Waals surface area contributed by atoms with Crippen LogP contribution >= 0.6 is 33.3 Å². The fourth-order valence-electron chi connectivity index (χ4n) is 2.25. The molecule has 0 bridgehead atoms. The maximum Gasteiger partial charge on any atom is 0.232 e. The zero-order valence-electron chi connectivity index (χ0n) is 10.7. The number of benzene rings is 1. The summed E-state index contributed by atoms with van der Waals surface area (Å²) in [5, 5.41) is 0. The van der Waals surface area contributed by atoms with Crippen molar-refractivity contribution in [2.24, 2.45) is 5.92 Å². The number of rotatable bonds is 4. The molecule has 0 spiro atoms. The van der Waals surface area contributed by atoms with E-state index in [0.717, 1.165) is 15.0 Å². The van der Waals surface area contributed by atoms with Gasteiger partial charge in [-0.05, 0) is 40.8 Å². The second-order valence-electron chi connectivity index (χ2n) is 4.60. The molecule has 1 aromatic rings. The molecule has 0 aliphatic carbocycles. The Bertz CT molecular complexity index is 634. The minimum atomic E-state index is -3.58. The van der Waals surface area contributed by atoms with Crippen LogP contribution in [0, 0.1) is 9.49 Å². The van der Waals surface area contributed by atoms with Crippen molar-refractivity contribution in [3.8, 4) is 5.75 Å². The van der Waals surface area contributed by atoms with Crippen molar-refractivity contribution in [1.29, 1.82) is 0 Å². The summed E-state index contributed by atoms with van der Waals surface area (Å²) in [5.74, 6) is 0.214. The van der Waals surface area contributed by atoms with E-state index in [0.29, 0.717) is 6.54 Å². The summed E-state index contributed by atoms with van der Waals surface area (Å²) in [6.45, 7) is 0.368. The van der Waals surface area contributed by atoms with Gasteiger partial charge in [-0.15, -0.1) is 0 Å². The van der Waals surface area contributed by atoms with E-state index in [2.05, 4.69) is 22.6 Å². The van der Waals surface area contributed by atoms with Gasteiger partial charge in [-0.1, -0.05) is 0 Å². The maximum atomic E-state index is 12.0. The highest BCUT2D eigenvalue weighted by Crippen LogP contribution is 2.31. The lowest BCUT2D eigenvalue weighted by Gasteiger charge is -2.17. The van der Waals surface area contributed by atoms with Gasteiger partial charge < -0.3 is 9.64 Å². The third-order valence-corrected chi connectivity index (χ3v) is 5.18. The molecule has 1 amide bonds. The van der Waals surface area contributed by atoms with Gasteiger partial charge in [0.05, 0.1) is 16.4 Å². The van der Waals surface area contributed by atoms with Gasteiger partial charge in [0, 0.05) is 35.3 Å². The van der Waals surface area contributed by atoms with Crippen LogP contribution in [0.2, 0.25) is 0 Å². The Hall–Kier alpha value is -0.540. The Kier molecular flexibility index (Phi) is 4.80. The third-order valence-electron chi connectivity index (χ3n) is 3.09. The van der Waals surface area contributed by atoms with Crippen molar-refractivity contribution in [3.05, 3.63) is 21.8 Å². The smallest absolute Gasteiger partial charge is 0.232 e. The monoisotopic (exact) mass is 429 g/mol. The van der Waals surface area contributed by atoms with Crippen molar-refractivity contribution in [3.63, 3.8) is 0 Å². The normalized spacial score (nSPS) is 19.4. The summed E-state index contributed by atoms with van der Waals surface area (Å²) in [5.41, 5.74) is 0.745. The molecule has 8 heteroatoms. The number of methoxy groups -OCH3 is 1. The zero-order chi connectivity index (χ0) is 14.9. The predicted octanol–water partition coefficient (Wildman–Crippen LogP) is 2.22. The molecule has 1 aromatic carbocycles. The highest BCUT2D eigenvalue weighted by molar-refractivity contribution is 14.1. The Balaban J connectivity index is 2.18. The molecule has 1 unspecified atom stereocenters. The van der Waals surface area contributed by atoms with Crippen LogP contribution in [0.15, 0.2) is 18.2 Å². The van der Waals surface area contributed by atoms with E-state index < -0.39 is 9.05 Å². The Morgan fingerprint density at radius 1 is 1.50 bits per heavy atom. The second-order valence-corrected chi connectivity index (χ2v) is 8.58. The molecular formula is C12H13ClINO4S. The molecule has 0 aromatic heterocycles. The van der Waals surface area contributed by atoms with Gasteiger partial charge in [0.2, 0.25) is 15.0 Å². The number of carbonyl (C=O) groups is 1. The third kappa shape index (κ3) is 3.76. The molecule has 1 aliphatic heterocycles. The molecule has 1 aliphatic rings. The van der Waals surface area contributed by atoms with Crippen LogP contribution < -0.4 is 9.64 Å². The fourth-order valence-corrected chi connectivity index (χ4v) is 4.29. The van der Waals surface area contributed by atoms with Crippen molar-refractivity contribution in [2.75, 3.05) is 24.3 Å². The van der Waals surface area contributed by atoms with E-state index in [1.165, 1.54) is 0 Å². The molecule has 110 valence electrons. The second kappa shape index (κ2) is 6.07. The number of halogens is 2. The molecule has 2 rings (SSSR count). The number of hydrogen-bond donors (Lipinski definition) is 0. The lowest BCUT2D eigenvalue weighted by atomic mass is 10.1. The molecule has 0 radical (unpaired) electrons. The van der Waals surface area contributed by atoms with Crippen LogP contribution in [-0.2, 0) is 13.8 Å². The fraction of sp³-hybridized carbons (Fsp3) is 0.417. The Labute approximate surface area is 135 Å². The molecule has 20 heavy (non-hydrogen) atoms. The highest BCUT2D eigenvalue weighted by atomic mass is 127. The summed E-state index contributed by atoms with van der Waals surface area (Å²) in [7, 11) is 3.24. The molecule has 5 nitrogen and oxygen atoms in total. The lowest BCUT2D eigenvalue weighted by molar-refractivity contribution is -0.117. The molecule has 1 atom stereocenters. The van der Waals surface area contributed by atoms with Gasteiger partial charge in [0.1, 0.15) is 5.75 Å². The summed E-state index contributed by atoms with van der Waals surface area (Å²) in [6.07, 6.45) is 0.203. The standard InChI is InChI=1S/C12H13ClINO4S/c1-19-11-3-2-9(5-10(11)14)15-6-8(4-12(15)16)7-20(13,17)18/h2-3,5,8H,4,6-7H2,1H3. The summed E-state index contributed by atoms with van der Waals surface area (Å²) < 4.78 is 28.2. The average Bonchev–Trinajstić information content (AvgIpc) is 2.67. The largest absolute Gasteiger partial charge is 0.496 e. The summed E-state index contributed by atoms with van der Waals surface area (Å²) in [6, 6.07) is 5.42. The minimum Gasteiger partial charge on any atom is -0.496 e. The number of anilines is 1. The van der Waals surface area contributed by atoms with E-state index >= 15 is 0 Å². The zero-order valence-corrected chi connectivity index (χ0v) is 14.4. The van der Waals surface area contributed by atoms with Crippen LogP contribution in [0.4, 0.5) is 5.69 Å². The quantitative estimate of drug-likeness (QED) is 0.544. The van der Waals surface area contributed by atoms with Gasteiger partial charge in [0.15, 0.2) is 0 Å². The van der Waals surface area contributed by atoms with Crippen LogP contribution in [0.1, 0.15) is 6.42 Å². The van der Waals surface area contributed by atoms with E-state index in [9.17, 15) is 13.2 Å². The van der Waals surface area contributed by atoms with Crippen LogP contribution in [0.3, 0.4) is 0 Å². The SMILES string of the molecule is COc1ccc(N2CC(CS(=O)(=O)Cl)CC2=O)cc1I. The van der Waals surface area contributed by atoms with Crippen LogP contribution in [0.25, 0.3) is 0 Å². The van der Waals surface area contributed by atoms with Crippen molar-refractivity contribution >= 4 is 53.9 Å². The van der Waals surface area contributed by atoms with E-state index in [4.69, 9.17) is 15.4 Å². The highest BCUT2D eigenvalue weighted by Gasteiger charge is 2.33. The molecule has 1 saturated heterocycles. The number of carbonyl (C=O) groups excluding carboxylic acids is 1. The van der Waals surface area contributed by atoms with Crippen molar-refractivity contribution < 1.29 is 17.9 Å².